The maximum absolute atomic E-state index is 11.6. The molecule has 0 unspecified atom stereocenters. The molecule has 0 bridgehead atoms. The first-order valence-electron chi connectivity index (χ1n) is 4.49. The molecule has 3 nitrogen and oxygen atoms in total. The normalized spacial score (nSPS) is 17.8. The first-order chi connectivity index (χ1) is 7.18. The van der Waals surface area contributed by atoms with Gasteiger partial charge in [0.1, 0.15) is 6.10 Å². The van der Waals surface area contributed by atoms with Gasteiger partial charge < -0.3 is 5.11 Å². The highest BCUT2D eigenvalue weighted by Crippen LogP contribution is 2.44. The molecule has 2 atom stereocenters. The Morgan fingerprint density at radius 2 is 1.94 bits per heavy atom. The summed E-state index contributed by atoms with van der Waals surface area (Å²) in [5, 5.41) is 10.1. The lowest BCUT2D eigenvalue weighted by molar-refractivity contribution is 0.190. The molecule has 0 fully saturated rings. The first kappa shape index (κ1) is 14.4. The quantitative estimate of drug-likeness (QED) is 0.606. The van der Waals surface area contributed by atoms with Crippen molar-refractivity contribution in [3.63, 3.8) is 0 Å². The minimum absolute atomic E-state index is 0.610. The molecule has 1 aromatic rings. The Kier molecular flexibility index (Phi) is 4.42. The van der Waals surface area contributed by atoms with Gasteiger partial charge in [-0.3, -0.25) is 0 Å². The number of halogens is 2. The van der Waals surface area contributed by atoms with Crippen LogP contribution in [0.25, 0.3) is 0 Å². The summed E-state index contributed by atoms with van der Waals surface area (Å²) in [6, 6.07) is 7.17. The van der Waals surface area contributed by atoms with Crippen molar-refractivity contribution in [1.82, 2.24) is 0 Å². The van der Waals surface area contributed by atoms with Crippen LogP contribution in [0.3, 0.4) is 0 Å². The Hall–Kier alpha value is 0.340. The zero-order chi connectivity index (χ0) is 12.6. The standard InChI is InChI=1S/C10H12BrIO3S/c1-7-5-3-4-6-8(7)9(13)10(11,12)16(2,14)15/h3-6,9,13H,1-2H3/t9-,10+/m1/s1. The Morgan fingerprint density at radius 1 is 1.44 bits per heavy atom. The van der Waals surface area contributed by atoms with E-state index in [-0.39, 0.29) is 0 Å². The van der Waals surface area contributed by atoms with Gasteiger partial charge in [0, 0.05) is 6.26 Å². The maximum atomic E-state index is 11.6. The lowest BCUT2D eigenvalue weighted by Crippen LogP contribution is -2.31. The Bertz CT molecular complexity index is 485. The number of aryl methyl sites for hydroxylation is 1. The molecule has 90 valence electrons. The minimum Gasteiger partial charge on any atom is -0.385 e. The number of aliphatic hydroxyl groups is 1. The maximum Gasteiger partial charge on any atom is 0.206 e. The summed E-state index contributed by atoms with van der Waals surface area (Å²) in [5.74, 6) is 0. The predicted octanol–water partition coefficient (Wildman–Crippen LogP) is 2.56. The van der Waals surface area contributed by atoms with Gasteiger partial charge in [-0.15, -0.1) is 0 Å². The van der Waals surface area contributed by atoms with E-state index in [0.717, 1.165) is 11.8 Å². The van der Waals surface area contributed by atoms with E-state index in [1.54, 1.807) is 34.7 Å². The number of hydrogen-bond acceptors (Lipinski definition) is 3. The monoisotopic (exact) mass is 418 g/mol. The van der Waals surface area contributed by atoms with Crippen LogP contribution in [0.4, 0.5) is 0 Å². The number of aliphatic hydroxyl groups excluding tert-OH is 1. The van der Waals surface area contributed by atoms with Gasteiger partial charge in [0.15, 0.2) is 9.84 Å². The van der Waals surface area contributed by atoms with Gasteiger partial charge in [0.05, 0.1) is 0 Å². The molecular formula is C10H12BrIO3S. The largest absolute Gasteiger partial charge is 0.385 e. The molecule has 0 heterocycles. The van der Waals surface area contributed by atoms with Crippen molar-refractivity contribution in [1.29, 1.82) is 0 Å². The average molecular weight is 419 g/mol. The SMILES string of the molecule is Cc1ccccc1[C@@H](O)[C@](Br)(I)S(C)(=O)=O. The van der Waals surface area contributed by atoms with Crippen LogP contribution in [-0.2, 0) is 9.84 Å². The van der Waals surface area contributed by atoms with Gasteiger partial charge in [0.2, 0.25) is 1.66 Å². The lowest BCUT2D eigenvalue weighted by atomic mass is 10.1. The van der Waals surface area contributed by atoms with Gasteiger partial charge in [-0.2, -0.15) is 0 Å². The molecule has 0 aliphatic heterocycles. The molecule has 0 spiro atoms. The van der Waals surface area contributed by atoms with E-state index in [4.69, 9.17) is 0 Å². The molecule has 0 aromatic heterocycles. The van der Waals surface area contributed by atoms with Gasteiger partial charge in [0.25, 0.3) is 0 Å². The molecule has 1 rings (SSSR count). The van der Waals surface area contributed by atoms with Crippen molar-refractivity contribution in [2.75, 3.05) is 6.26 Å². The van der Waals surface area contributed by atoms with E-state index in [0.29, 0.717) is 5.56 Å². The molecule has 16 heavy (non-hydrogen) atoms. The summed E-state index contributed by atoms with van der Waals surface area (Å²) in [6.45, 7) is 1.83. The zero-order valence-electron chi connectivity index (χ0n) is 8.81. The number of sulfone groups is 1. The smallest absolute Gasteiger partial charge is 0.206 e. The summed E-state index contributed by atoms with van der Waals surface area (Å²) in [4.78, 5) is 0. The molecular weight excluding hydrogens is 407 g/mol. The second-order valence-corrected chi connectivity index (χ2v) is 11.5. The Morgan fingerprint density at radius 3 is 2.38 bits per heavy atom. The van der Waals surface area contributed by atoms with Crippen molar-refractivity contribution in [2.45, 2.75) is 14.7 Å². The van der Waals surface area contributed by atoms with Crippen molar-refractivity contribution in [2.24, 2.45) is 0 Å². The lowest BCUT2D eigenvalue weighted by Gasteiger charge is -2.26. The molecule has 0 radical (unpaired) electrons. The molecule has 1 aromatic carbocycles. The summed E-state index contributed by atoms with van der Waals surface area (Å²) < 4.78 is 21.7. The van der Waals surface area contributed by atoms with Crippen LogP contribution < -0.4 is 0 Å². The highest BCUT2D eigenvalue weighted by Gasteiger charge is 2.43. The Balaban J connectivity index is 3.23. The third-order valence-corrected chi connectivity index (χ3v) is 8.70. The minimum atomic E-state index is -3.41. The molecule has 0 amide bonds. The van der Waals surface area contributed by atoms with Gasteiger partial charge in [-0.25, -0.2) is 8.42 Å². The number of alkyl halides is 2. The van der Waals surface area contributed by atoms with Gasteiger partial charge >= 0.3 is 0 Å². The van der Waals surface area contributed by atoms with E-state index in [2.05, 4.69) is 15.9 Å². The van der Waals surface area contributed by atoms with Crippen molar-refractivity contribution in [3.8, 4) is 0 Å². The van der Waals surface area contributed by atoms with Crippen LogP contribution in [0.15, 0.2) is 24.3 Å². The molecule has 6 heteroatoms. The summed E-state index contributed by atoms with van der Waals surface area (Å²) in [5.41, 5.74) is 1.47. The predicted molar refractivity (Wildman–Crippen MR) is 76.7 cm³/mol. The van der Waals surface area contributed by atoms with Crippen LogP contribution in [-0.4, -0.2) is 21.4 Å². The van der Waals surface area contributed by atoms with Crippen LogP contribution in [0, 0.1) is 6.92 Å². The Labute approximate surface area is 117 Å². The third kappa shape index (κ3) is 2.77. The second kappa shape index (κ2) is 4.91. The van der Waals surface area contributed by atoms with E-state index in [1.165, 1.54) is 0 Å². The summed E-state index contributed by atoms with van der Waals surface area (Å²) in [7, 11) is -3.41. The topological polar surface area (TPSA) is 54.4 Å². The van der Waals surface area contributed by atoms with Crippen molar-refractivity contribution in [3.05, 3.63) is 35.4 Å². The first-order valence-corrected chi connectivity index (χ1v) is 8.25. The van der Waals surface area contributed by atoms with E-state index in [9.17, 15) is 13.5 Å². The average Bonchev–Trinajstić information content (AvgIpc) is 2.15. The van der Waals surface area contributed by atoms with Crippen LogP contribution in [0.1, 0.15) is 17.2 Å². The summed E-state index contributed by atoms with van der Waals surface area (Å²) in [6.07, 6.45) is -0.0142. The fourth-order valence-electron chi connectivity index (χ4n) is 1.28. The number of rotatable bonds is 3. The van der Waals surface area contributed by atoms with E-state index < -0.39 is 17.6 Å². The molecule has 0 saturated carbocycles. The van der Waals surface area contributed by atoms with Crippen LogP contribution in [0.2, 0.25) is 0 Å². The molecule has 0 saturated heterocycles. The van der Waals surface area contributed by atoms with Gasteiger partial charge in [-0.05, 0) is 40.6 Å². The number of hydrogen-bond donors (Lipinski definition) is 1. The third-order valence-electron chi connectivity index (χ3n) is 2.30. The van der Waals surface area contributed by atoms with Crippen LogP contribution in [0.5, 0.6) is 0 Å². The van der Waals surface area contributed by atoms with Crippen molar-refractivity contribution >= 4 is 48.4 Å². The second-order valence-electron chi connectivity index (χ2n) is 3.59. The highest BCUT2D eigenvalue weighted by molar-refractivity contribution is 14.1. The molecule has 0 aliphatic carbocycles. The fourth-order valence-corrected chi connectivity index (χ4v) is 2.39. The van der Waals surface area contributed by atoms with Crippen molar-refractivity contribution < 1.29 is 13.5 Å². The van der Waals surface area contributed by atoms with E-state index >= 15 is 0 Å². The molecule has 1 N–H and O–H groups in total. The van der Waals surface area contributed by atoms with Crippen LogP contribution >= 0.6 is 38.5 Å². The fraction of sp³-hybridized carbons (Fsp3) is 0.400. The zero-order valence-corrected chi connectivity index (χ0v) is 13.4. The highest BCUT2D eigenvalue weighted by atomic mass is 127. The van der Waals surface area contributed by atoms with E-state index in [1.807, 2.05) is 19.1 Å². The number of benzene rings is 1. The molecule has 0 aliphatic rings. The summed E-state index contributed by atoms with van der Waals surface area (Å²) >= 11 is 4.79. The van der Waals surface area contributed by atoms with Gasteiger partial charge in [-0.1, -0.05) is 40.2 Å².